The zero-order valence-electron chi connectivity index (χ0n) is 66.3. The summed E-state index contributed by atoms with van der Waals surface area (Å²) < 4.78 is 161. The van der Waals surface area contributed by atoms with Crippen LogP contribution >= 0.6 is 7.37 Å². The molecule has 642 valence electrons. The van der Waals surface area contributed by atoms with Crippen LogP contribution < -0.4 is 25.6 Å². The predicted molar refractivity (Wildman–Crippen MR) is 430 cm³/mol. The molecule has 3 aromatic rings. The first kappa shape index (κ1) is 92.8. The van der Waals surface area contributed by atoms with E-state index in [0.29, 0.717) is 167 Å². The Bertz CT molecular complexity index is 4980. The molecule has 10 rings (SSSR count). The van der Waals surface area contributed by atoms with E-state index in [-0.39, 0.29) is 78.8 Å². The fourth-order valence-corrected chi connectivity index (χ4v) is 23.3. The Hall–Kier alpha value is -8.12. The van der Waals surface area contributed by atoms with Crippen molar-refractivity contribution in [3.8, 4) is 5.75 Å². The minimum atomic E-state index is -4.89. The molecule has 3 aromatic carbocycles. The number of nitrogens with one attached hydrogen (secondary N) is 3. The van der Waals surface area contributed by atoms with Crippen LogP contribution in [0.3, 0.4) is 0 Å². The second-order valence-electron chi connectivity index (χ2n) is 33.8. The number of allylic oxidation sites excluding steroid dienone is 7. The van der Waals surface area contributed by atoms with Crippen LogP contribution in [-0.2, 0) is 94.2 Å². The van der Waals surface area contributed by atoms with Crippen molar-refractivity contribution >= 4 is 113 Å². The second-order valence-corrected chi connectivity index (χ2v) is 42.1. The van der Waals surface area contributed by atoms with Gasteiger partial charge in [-0.05, 0) is 242 Å². The molecule has 2 heterocycles. The molecular weight excluding hydrogens is 1620 g/mol. The van der Waals surface area contributed by atoms with Crippen LogP contribution in [0.25, 0.3) is 0 Å². The summed E-state index contributed by atoms with van der Waals surface area (Å²) in [6, 6.07) is 12.0. The monoisotopic (exact) mass is 1730 g/mol. The van der Waals surface area contributed by atoms with Crippen molar-refractivity contribution in [2.75, 3.05) is 42.6 Å². The van der Waals surface area contributed by atoms with Gasteiger partial charge in [0.15, 0.2) is 5.71 Å². The van der Waals surface area contributed by atoms with Crippen LogP contribution in [0.5, 0.6) is 5.75 Å². The Labute approximate surface area is 683 Å². The van der Waals surface area contributed by atoms with E-state index >= 15 is 0 Å². The molecule has 4 fully saturated rings. The van der Waals surface area contributed by atoms with Crippen LogP contribution in [0, 0.1) is 22.2 Å². The third kappa shape index (κ3) is 24.1. The van der Waals surface area contributed by atoms with Gasteiger partial charge in [0.2, 0.25) is 30.8 Å². The summed E-state index contributed by atoms with van der Waals surface area (Å²) in [5, 5.41) is 37.5. The van der Waals surface area contributed by atoms with E-state index in [9.17, 15) is 110 Å². The predicted octanol–water partition coefficient (Wildman–Crippen LogP) is 10.8. The van der Waals surface area contributed by atoms with Crippen LogP contribution in [0.2, 0.25) is 0 Å². The highest BCUT2D eigenvalue weighted by Crippen LogP contribution is 2.74. The standard InChI is InChI=1S/C81H108N5O26PS4/c1-76(2)62-46-60(116(106,107)108)27-29-65(62)85(67(76)31-20-55-16-13-17-56(73(55)112-58-23-25-59(26-24-58)115(103,104)105)21-32-68-77(3,4)63-47-61(117(109,110)111)28-30-66(63)86(68)41-11-12-45-114(100,101)102)40-10-6-8-18-69(89)82-39-9-5-7-19-71(91)84-81-52-78(36-14-42-87)49-79(53-81,37-15-43-88)51-80(50-78,54-81)38-34-70(90)83-64(75(96)97)35-44-113(98,99)48-57(74(94)95)22-33-72(92)93/h20-21,23-32,42-43,46-47,57,64H,5-19,22,33-41,44-45,48-54H2,1-4H3,(H10-,82,83,84,89,90,91,92,93,94,95,96,97,98,99,100,101,102,103,104,105,106,107,108,109,110,111)/t57?,64-,78?,79?,80?,81?/m0/s1. The molecule has 3 amide bonds. The smallest absolute Gasteiger partial charge is 0.326 e. The number of hydrogen-bond donors (Lipinski definition) is 10. The zero-order chi connectivity index (χ0) is 86.0. The van der Waals surface area contributed by atoms with Gasteiger partial charge in [-0.3, -0.25) is 42.2 Å². The average molecular weight is 1730 g/mol. The molecule has 2 aliphatic heterocycles. The summed E-state index contributed by atoms with van der Waals surface area (Å²) in [5.41, 5.74) is 1.18. The van der Waals surface area contributed by atoms with Crippen molar-refractivity contribution in [1.29, 1.82) is 0 Å². The Balaban J connectivity index is 0.842. The number of benzene rings is 3. The van der Waals surface area contributed by atoms with Gasteiger partial charge in [-0.15, -0.1) is 0 Å². The van der Waals surface area contributed by atoms with Crippen LogP contribution in [0.4, 0.5) is 11.4 Å². The highest BCUT2D eigenvalue weighted by molar-refractivity contribution is 7.86. The number of amides is 3. The quantitative estimate of drug-likeness (QED) is 0.00825. The second kappa shape index (κ2) is 37.7. The maximum atomic E-state index is 14.1. The highest BCUT2D eigenvalue weighted by Gasteiger charge is 2.68. The number of carbonyl (C=O) groups excluding carboxylic acids is 5. The molecule has 10 N–H and O–H groups in total. The molecular formula is C81H108N5O26PS4. The number of carboxylic acid groups (broad SMARTS) is 3. The highest BCUT2D eigenvalue weighted by atomic mass is 32.2. The van der Waals surface area contributed by atoms with Crippen molar-refractivity contribution in [3.05, 3.63) is 119 Å². The third-order valence-corrected chi connectivity index (χ3v) is 29.3. The van der Waals surface area contributed by atoms with Crippen LogP contribution in [0.15, 0.2) is 122 Å². The lowest BCUT2D eigenvalue weighted by molar-refractivity contribution is -0.438. The van der Waals surface area contributed by atoms with Gasteiger partial charge in [-0.2, -0.15) is 29.8 Å². The van der Waals surface area contributed by atoms with Crippen molar-refractivity contribution in [3.63, 3.8) is 0 Å². The van der Waals surface area contributed by atoms with Crippen molar-refractivity contribution in [1.82, 2.24) is 16.0 Å². The number of aliphatic carboxylic acids is 3. The Morgan fingerprint density at radius 3 is 1.82 bits per heavy atom. The van der Waals surface area contributed by atoms with Gasteiger partial charge in [0.1, 0.15) is 46.8 Å². The number of aldehydes is 2. The van der Waals surface area contributed by atoms with Gasteiger partial charge >= 0.3 is 17.9 Å². The molecule has 5 atom stereocenters. The van der Waals surface area contributed by atoms with Gasteiger partial charge < -0.3 is 59.9 Å². The molecule has 0 aromatic heterocycles. The van der Waals surface area contributed by atoms with E-state index in [1.165, 1.54) is 48.5 Å². The molecule has 4 saturated carbocycles. The zero-order valence-corrected chi connectivity index (χ0v) is 70.5. The number of unbranched alkanes of at least 4 members (excludes halogenated alkanes) is 5. The largest absolute Gasteiger partial charge is 0.744 e. The minimum absolute atomic E-state index is 0.0983. The normalized spacial score (nSPS) is 23.1. The van der Waals surface area contributed by atoms with E-state index in [1.807, 2.05) is 61.5 Å². The lowest BCUT2D eigenvalue weighted by Gasteiger charge is -2.71. The van der Waals surface area contributed by atoms with Crippen molar-refractivity contribution in [2.45, 2.75) is 245 Å². The molecule has 4 bridgehead atoms. The van der Waals surface area contributed by atoms with Gasteiger partial charge in [0.05, 0.1) is 31.8 Å². The summed E-state index contributed by atoms with van der Waals surface area (Å²) in [5.74, 6) is -6.63. The fraction of sp³-hybridized carbons (Fsp3) is 0.568. The maximum Gasteiger partial charge on any atom is 0.326 e. The molecule has 0 radical (unpaired) electrons. The SMILES string of the molecule is CC1(C)C(/C=C/C2=C(Oc3ccc(S(=O)(=O)O)cc3)C(=C/C=C3/N(CCCCS(=O)(=O)O)c4ccc(S(=O)(=O)O)cc4C3(C)C)/CCC2)=[N+](CCCCCC(=O)NCCCCCC(=O)NC23CC4(CCC=O)CC(CCC=O)(CC(CCC(=O)N[C@@H](CCP(=O)(O)CC(CCC(=O)O)C(=O)O)C(=O)O)(C4)C2)C3)c2ccc(S(=O)(=O)[O-])cc21. The van der Waals surface area contributed by atoms with E-state index in [0.717, 1.165) is 24.7 Å². The number of anilines is 1. The summed E-state index contributed by atoms with van der Waals surface area (Å²) in [7, 11) is -22.7. The Kier molecular flexibility index (Phi) is 29.9. The molecule has 31 nitrogen and oxygen atoms in total. The maximum absolute atomic E-state index is 14.1. The molecule has 0 saturated heterocycles. The summed E-state index contributed by atoms with van der Waals surface area (Å²) in [4.78, 5) is 112. The summed E-state index contributed by atoms with van der Waals surface area (Å²) in [6.07, 6.45) is 17.2. The molecule has 7 aliphatic rings. The van der Waals surface area contributed by atoms with E-state index in [4.69, 9.17) is 9.84 Å². The summed E-state index contributed by atoms with van der Waals surface area (Å²) in [6.45, 7) is 8.53. The fourth-order valence-electron chi connectivity index (χ4n) is 19.4. The number of rotatable bonds is 46. The first-order valence-electron chi connectivity index (χ1n) is 39.6. The molecule has 5 aliphatic carbocycles. The number of fused-ring (bicyclic) bond motifs is 2. The van der Waals surface area contributed by atoms with Gasteiger partial charge in [-0.1, -0.05) is 26.3 Å². The first-order valence-corrected chi connectivity index (χ1v) is 47.5. The number of hydrogen-bond acceptors (Lipinski definition) is 20. The van der Waals surface area contributed by atoms with Crippen LogP contribution in [-0.4, -0.2) is 180 Å². The van der Waals surface area contributed by atoms with Gasteiger partial charge in [0, 0.05) is 110 Å². The van der Waals surface area contributed by atoms with E-state index in [1.54, 1.807) is 12.1 Å². The summed E-state index contributed by atoms with van der Waals surface area (Å²) >= 11 is 0. The number of ether oxygens (including phenoxy) is 1. The average Bonchev–Trinajstić information content (AvgIpc) is 1.58. The molecule has 4 unspecified atom stereocenters. The molecule has 36 heteroatoms. The molecule has 0 spiro atoms. The lowest BCUT2D eigenvalue weighted by Crippen LogP contribution is -2.69. The van der Waals surface area contributed by atoms with E-state index in [2.05, 4.69) is 16.0 Å². The Morgan fingerprint density at radius 1 is 0.632 bits per heavy atom. The van der Waals surface area contributed by atoms with Gasteiger partial charge in [0.25, 0.3) is 30.4 Å². The van der Waals surface area contributed by atoms with E-state index < -0.39 is 158 Å². The van der Waals surface area contributed by atoms with Gasteiger partial charge in [-0.25, -0.2) is 13.2 Å². The van der Waals surface area contributed by atoms with Crippen LogP contribution in [0.1, 0.15) is 219 Å². The van der Waals surface area contributed by atoms with Crippen molar-refractivity contribution < 1.29 is 124 Å². The van der Waals surface area contributed by atoms with Crippen molar-refractivity contribution in [2.24, 2.45) is 22.2 Å². The minimum Gasteiger partial charge on any atom is -0.744 e. The Morgan fingerprint density at radius 2 is 1.23 bits per heavy atom. The third-order valence-electron chi connectivity index (χ3n) is 24.0. The number of carboxylic acids is 3. The number of nitrogens with zero attached hydrogens (tertiary/aromatic N) is 2. The topological polar surface area (TPSA) is 506 Å². The molecule has 117 heavy (non-hydrogen) atoms. The lowest BCUT2D eigenvalue weighted by atomic mass is 9.35. The first-order chi connectivity index (χ1) is 54.7. The number of carbonyl (C=O) groups is 8.